The highest BCUT2D eigenvalue weighted by atomic mass is 16.4. The highest BCUT2D eigenvalue weighted by molar-refractivity contribution is 5.72. The zero-order valence-corrected chi connectivity index (χ0v) is 9.83. The number of hydrogen-bond acceptors (Lipinski definition) is 2. The van der Waals surface area contributed by atoms with Crippen LogP contribution in [0, 0.1) is 0 Å². The van der Waals surface area contributed by atoms with Crippen molar-refractivity contribution >= 4 is 5.97 Å². The Hall–Kier alpha value is -0.830. The van der Waals surface area contributed by atoms with Gasteiger partial charge < -0.3 is 10.4 Å². The van der Waals surface area contributed by atoms with Gasteiger partial charge in [0.05, 0.1) is 0 Å². The molecule has 0 bridgehead atoms. The number of rotatable bonds is 9. The summed E-state index contributed by atoms with van der Waals surface area (Å²) in [5.41, 5.74) is 0. The van der Waals surface area contributed by atoms with Crippen molar-refractivity contribution in [1.29, 1.82) is 0 Å². The lowest BCUT2D eigenvalue weighted by atomic mass is 10.1. The Labute approximate surface area is 92.6 Å². The van der Waals surface area contributed by atoms with E-state index in [1.807, 2.05) is 13.0 Å². The van der Waals surface area contributed by atoms with Gasteiger partial charge in [0.2, 0.25) is 0 Å². The summed E-state index contributed by atoms with van der Waals surface area (Å²) in [5.74, 6) is -0.784. The predicted molar refractivity (Wildman–Crippen MR) is 63.0 cm³/mol. The fraction of sp³-hybridized carbons (Fsp3) is 0.750. The largest absolute Gasteiger partial charge is 0.480 e. The monoisotopic (exact) mass is 213 g/mol. The molecule has 0 spiro atoms. The molecule has 2 N–H and O–H groups in total. The normalized spacial score (nSPS) is 14.5. The molecule has 0 saturated carbocycles. The van der Waals surface area contributed by atoms with Gasteiger partial charge in [0.15, 0.2) is 0 Å². The van der Waals surface area contributed by atoms with Gasteiger partial charge >= 0.3 is 5.97 Å². The van der Waals surface area contributed by atoms with Crippen molar-refractivity contribution in [2.24, 2.45) is 0 Å². The number of carboxylic acids is 1. The van der Waals surface area contributed by atoms with Crippen LogP contribution in [0.2, 0.25) is 0 Å². The molecular weight excluding hydrogens is 190 g/mol. The number of unbranched alkanes of at least 4 members (excludes halogenated alkanes) is 3. The molecule has 15 heavy (non-hydrogen) atoms. The first-order valence-electron chi connectivity index (χ1n) is 5.67. The van der Waals surface area contributed by atoms with E-state index in [-0.39, 0.29) is 6.04 Å². The van der Waals surface area contributed by atoms with Crippen LogP contribution in [0.3, 0.4) is 0 Å². The van der Waals surface area contributed by atoms with Crippen molar-refractivity contribution in [2.45, 2.75) is 58.0 Å². The number of allylic oxidation sites excluding steroid dienone is 1. The topological polar surface area (TPSA) is 49.3 Å². The minimum atomic E-state index is -0.784. The highest BCUT2D eigenvalue weighted by Gasteiger charge is 2.12. The molecule has 0 aliphatic carbocycles. The molecule has 0 aromatic heterocycles. The first-order chi connectivity index (χ1) is 7.07. The Morgan fingerprint density at radius 3 is 2.60 bits per heavy atom. The first kappa shape index (κ1) is 14.2. The molecule has 0 aromatic rings. The molecule has 0 amide bonds. The lowest BCUT2D eigenvalue weighted by Crippen LogP contribution is -2.39. The van der Waals surface area contributed by atoms with Crippen LogP contribution in [0.4, 0.5) is 0 Å². The summed E-state index contributed by atoms with van der Waals surface area (Å²) in [6.45, 7) is 7.39. The van der Waals surface area contributed by atoms with Crippen LogP contribution in [0.15, 0.2) is 12.7 Å². The summed E-state index contributed by atoms with van der Waals surface area (Å²) in [6, 6.07) is -0.173. The van der Waals surface area contributed by atoms with Crippen LogP contribution in [0.25, 0.3) is 0 Å². The van der Waals surface area contributed by atoms with Crippen molar-refractivity contribution in [3.05, 3.63) is 12.7 Å². The molecule has 0 saturated heterocycles. The summed E-state index contributed by atoms with van der Waals surface area (Å²) >= 11 is 0. The number of aliphatic carboxylic acids is 1. The van der Waals surface area contributed by atoms with E-state index in [1.54, 1.807) is 6.92 Å². The fourth-order valence-electron chi connectivity index (χ4n) is 1.50. The molecule has 0 aromatic carbocycles. The molecule has 3 nitrogen and oxygen atoms in total. The van der Waals surface area contributed by atoms with Crippen molar-refractivity contribution in [3.8, 4) is 0 Å². The second-order valence-electron chi connectivity index (χ2n) is 4.05. The van der Waals surface area contributed by atoms with Gasteiger partial charge in [-0.3, -0.25) is 4.79 Å². The third-order valence-electron chi connectivity index (χ3n) is 2.45. The fourth-order valence-corrected chi connectivity index (χ4v) is 1.50. The molecule has 0 radical (unpaired) electrons. The average Bonchev–Trinajstić information content (AvgIpc) is 2.17. The lowest BCUT2D eigenvalue weighted by Gasteiger charge is -2.16. The molecule has 0 fully saturated rings. The van der Waals surface area contributed by atoms with Gasteiger partial charge in [-0.15, -0.1) is 6.58 Å². The van der Waals surface area contributed by atoms with Gasteiger partial charge in [-0.2, -0.15) is 0 Å². The second kappa shape index (κ2) is 8.48. The van der Waals surface area contributed by atoms with Crippen molar-refractivity contribution in [3.63, 3.8) is 0 Å². The van der Waals surface area contributed by atoms with Gasteiger partial charge in [0.1, 0.15) is 6.04 Å². The van der Waals surface area contributed by atoms with E-state index < -0.39 is 12.0 Å². The first-order valence-corrected chi connectivity index (χ1v) is 5.67. The van der Waals surface area contributed by atoms with Gasteiger partial charge in [-0.05, 0) is 33.1 Å². The predicted octanol–water partition coefficient (Wildman–Crippen LogP) is 2.57. The number of carbonyl (C=O) groups is 1. The maximum Gasteiger partial charge on any atom is 0.320 e. The standard InChI is InChI=1S/C12H23NO2/c1-4-5-6-7-8-9-10(2)13-11(3)12(14)15/h4,10-11,13H,1,5-9H2,2-3H3,(H,14,15). The van der Waals surface area contributed by atoms with Crippen LogP contribution in [-0.2, 0) is 4.79 Å². The SMILES string of the molecule is C=CCCCCCC(C)NC(C)C(=O)O. The van der Waals surface area contributed by atoms with Crippen molar-refractivity contribution in [1.82, 2.24) is 5.32 Å². The average molecular weight is 213 g/mol. The van der Waals surface area contributed by atoms with Crippen LogP contribution in [0.1, 0.15) is 46.0 Å². The van der Waals surface area contributed by atoms with Gasteiger partial charge in [-0.1, -0.05) is 18.9 Å². The number of carboxylic acid groups (broad SMARTS) is 1. The smallest absolute Gasteiger partial charge is 0.320 e. The summed E-state index contributed by atoms with van der Waals surface area (Å²) in [7, 11) is 0. The molecule has 0 heterocycles. The lowest BCUT2D eigenvalue weighted by molar-refractivity contribution is -0.139. The van der Waals surface area contributed by atoms with E-state index >= 15 is 0 Å². The maximum atomic E-state index is 10.6. The van der Waals surface area contributed by atoms with E-state index in [0.717, 1.165) is 19.3 Å². The maximum absolute atomic E-state index is 10.6. The Bertz CT molecular complexity index is 192. The number of nitrogens with one attached hydrogen (secondary N) is 1. The zero-order valence-electron chi connectivity index (χ0n) is 9.83. The quantitative estimate of drug-likeness (QED) is 0.457. The Kier molecular flexibility index (Phi) is 8.01. The minimum Gasteiger partial charge on any atom is -0.480 e. The third-order valence-corrected chi connectivity index (χ3v) is 2.45. The van der Waals surface area contributed by atoms with E-state index in [2.05, 4.69) is 11.9 Å². The molecule has 0 rings (SSSR count). The van der Waals surface area contributed by atoms with E-state index in [0.29, 0.717) is 0 Å². The molecular formula is C12H23NO2. The summed E-state index contributed by atoms with van der Waals surface area (Å²) in [5, 5.41) is 11.7. The van der Waals surface area contributed by atoms with Crippen LogP contribution >= 0.6 is 0 Å². The minimum absolute atomic E-state index is 0.278. The van der Waals surface area contributed by atoms with Crippen LogP contribution in [-0.4, -0.2) is 23.2 Å². The summed E-state index contributed by atoms with van der Waals surface area (Å²) in [6.07, 6.45) is 7.58. The Morgan fingerprint density at radius 2 is 2.07 bits per heavy atom. The van der Waals surface area contributed by atoms with E-state index in [4.69, 9.17) is 5.11 Å². The molecule has 0 aliphatic rings. The van der Waals surface area contributed by atoms with E-state index in [1.165, 1.54) is 12.8 Å². The van der Waals surface area contributed by atoms with E-state index in [9.17, 15) is 4.79 Å². The van der Waals surface area contributed by atoms with Gasteiger partial charge in [0, 0.05) is 6.04 Å². The summed E-state index contributed by atoms with van der Waals surface area (Å²) in [4.78, 5) is 10.6. The molecule has 0 aliphatic heterocycles. The molecule has 3 heteroatoms. The zero-order chi connectivity index (χ0) is 11.7. The van der Waals surface area contributed by atoms with Crippen molar-refractivity contribution in [2.75, 3.05) is 0 Å². The number of hydrogen-bond donors (Lipinski definition) is 2. The summed E-state index contributed by atoms with van der Waals surface area (Å²) < 4.78 is 0. The highest BCUT2D eigenvalue weighted by Crippen LogP contribution is 2.06. The molecule has 2 atom stereocenters. The van der Waals surface area contributed by atoms with Crippen LogP contribution < -0.4 is 5.32 Å². The van der Waals surface area contributed by atoms with Crippen molar-refractivity contribution < 1.29 is 9.90 Å². The molecule has 88 valence electrons. The Morgan fingerprint density at radius 1 is 1.40 bits per heavy atom. The van der Waals surface area contributed by atoms with Crippen LogP contribution in [0.5, 0.6) is 0 Å². The van der Waals surface area contributed by atoms with Gasteiger partial charge in [0.25, 0.3) is 0 Å². The second-order valence-corrected chi connectivity index (χ2v) is 4.05. The van der Waals surface area contributed by atoms with Gasteiger partial charge in [-0.25, -0.2) is 0 Å². The molecule has 2 unspecified atom stereocenters. The third kappa shape index (κ3) is 8.18. The Balaban J connectivity index is 3.44.